The van der Waals surface area contributed by atoms with Crippen LogP contribution in [0.4, 0.5) is 0 Å². The number of fused-ring (bicyclic) bond motifs is 1. The predicted molar refractivity (Wildman–Crippen MR) is 113 cm³/mol. The molecule has 2 aliphatic heterocycles. The lowest BCUT2D eigenvalue weighted by atomic mass is 9.89. The first kappa shape index (κ1) is 19.7. The highest BCUT2D eigenvalue weighted by Gasteiger charge is 2.33. The summed E-state index contributed by atoms with van der Waals surface area (Å²) in [6.45, 7) is 8.80. The maximum Gasteiger partial charge on any atom is 0.274 e. The molecule has 3 heterocycles. The molecular formula is C23H36N4O. The molecule has 28 heavy (non-hydrogen) atoms. The summed E-state index contributed by atoms with van der Waals surface area (Å²) in [5.41, 5.74) is 3.25. The van der Waals surface area contributed by atoms with Crippen molar-refractivity contribution in [1.29, 1.82) is 0 Å². The molecule has 1 amide bonds. The van der Waals surface area contributed by atoms with Crippen molar-refractivity contribution in [1.82, 2.24) is 19.6 Å². The third kappa shape index (κ3) is 4.19. The van der Waals surface area contributed by atoms with E-state index < -0.39 is 0 Å². The lowest BCUT2D eigenvalue weighted by Crippen LogP contribution is -2.42. The summed E-state index contributed by atoms with van der Waals surface area (Å²) >= 11 is 0. The van der Waals surface area contributed by atoms with Gasteiger partial charge in [-0.1, -0.05) is 25.3 Å². The number of nitrogens with zero attached hydrogens (tertiary/aromatic N) is 4. The SMILES string of the molecule is C=CCn1nc(C(=O)N2CCCCC2)c2c1CCC(N1CCCCCCC1)C2. The second kappa shape index (κ2) is 9.25. The zero-order valence-electron chi connectivity index (χ0n) is 17.4. The van der Waals surface area contributed by atoms with Gasteiger partial charge in [0.05, 0.1) is 6.54 Å². The van der Waals surface area contributed by atoms with Gasteiger partial charge in [0.2, 0.25) is 0 Å². The van der Waals surface area contributed by atoms with E-state index in [1.54, 1.807) is 0 Å². The van der Waals surface area contributed by atoms with Crippen LogP contribution in [0.25, 0.3) is 0 Å². The van der Waals surface area contributed by atoms with Crippen LogP contribution in [0.2, 0.25) is 0 Å². The summed E-state index contributed by atoms with van der Waals surface area (Å²) in [5.74, 6) is 0.159. The quantitative estimate of drug-likeness (QED) is 0.741. The molecule has 1 aromatic rings. The monoisotopic (exact) mass is 384 g/mol. The van der Waals surface area contributed by atoms with E-state index in [2.05, 4.69) is 11.5 Å². The van der Waals surface area contributed by atoms with E-state index in [0.29, 0.717) is 12.6 Å². The van der Waals surface area contributed by atoms with E-state index in [0.717, 1.165) is 44.5 Å². The molecule has 1 aromatic heterocycles. The Morgan fingerprint density at radius 3 is 2.36 bits per heavy atom. The van der Waals surface area contributed by atoms with Gasteiger partial charge in [-0.3, -0.25) is 9.48 Å². The minimum atomic E-state index is 0.159. The van der Waals surface area contributed by atoms with Gasteiger partial charge in [0.25, 0.3) is 5.91 Å². The molecule has 2 saturated heterocycles. The number of rotatable bonds is 4. The Morgan fingerprint density at radius 2 is 1.64 bits per heavy atom. The molecule has 5 heteroatoms. The Balaban J connectivity index is 1.57. The molecule has 1 unspecified atom stereocenters. The second-order valence-corrected chi connectivity index (χ2v) is 8.80. The average Bonchev–Trinajstić information content (AvgIpc) is 3.06. The van der Waals surface area contributed by atoms with Crippen LogP contribution >= 0.6 is 0 Å². The molecule has 3 aliphatic rings. The predicted octanol–water partition coefficient (Wildman–Crippen LogP) is 3.82. The summed E-state index contributed by atoms with van der Waals surface area (Å²) in [4.78, 5) is 18.0. The lowest BCUT2D eigenvalue weighted by molar-refractivity contribution is 0.0715. The van der Waals surface area contributed by atoms with Gasteiger partial charge < -0.3 is 9.80 Å². The molecule has 0 N–H and O–H groups in total. The maximum atomic E-state index is 13.3. The molecule has 5 nitrogen and oxygen atoms in total. The Bertz CT molecular complexity index is 681. The number of amides is 1. The van der Waals surface area contributed by atoms with Crippen LogP contribution in [-0.2, 0) is 19.4 Å². The minimum absolute atomic E-state index is 0.159. The highest BCUT2D eigenvalue weighted by Crippen LogP contribution is 2.30. The molecule has 4 rings (SSSR count). The summed E-state index contributed by atoms with van der Waals surface area (Å²) in [7, 11) is 0. The van der Waals surface area contributed by atoms with Gasteiger partial charge in [0, 0.05) is 30.4 Å². The summed E-state index contributed by atoms with van der Waals surface area (Å²) < 4.78 is 2.04. The molecular weight excluding hydrogens is 348 g/mol. The van der Waals surface area contributed by atoms with E-state index in [-0.39, 0.29) is 5.91 Å². The number of carbonyl (C=O) groups excluding carboxylic acids is 1. The van der Waals surface area contributed by atoms with Gasteiger partial charge in [0.15, 0.2) is 5.69 Å². The van der Waals surface area contributed by atoms with Gasteiger partial charge in [-0.05, 0) is 64.5 Å². The fourth-order valence-electron chi connectivity index (χ4n) is 5.31. The number of piperidine rings is 1. The van der Waals surface area contributed by atoms with Crippen molar-refractivity contribution in [3.8, 4) is 0 Å². The number of likely N-dealkylation sites (tertiary alicyclic amines) is 2. The smallest absolute Gasteiger partial charge is 0.274 e. The molecule has 0 aromatic carbocycles. The van der Waals surface area contributed by atoms with Gasteiger partial charge in [0.1, 0.15) is 0 Å². The topological polar surface area (TPSA) is 41.4 Å². The number of hydrogen-bond donors (Lipinski definition) is 0. The largest absolute Gasteiger partial charge is 0.337 e. The first-order valence-corrected chi connectivity index (χ1v) is 11.5. The summed E-state index contributed by atoms with van der Waals surface area (Å²) in [6.07, 6.45) is 15.4. The van der Waals surface area contributed by atoms with Crippen LogP contribution in [-0.4, -0.2) is 57.7 Å². The second-order valence-electron chi connectivity index (χ2n) is 8.80. The van der Waals surface area contributed by atoms with E-state index in [1.807, 2.05) is 15.7 Å². The van der Waals surface area contributed by atoms with E-state index in [4.69, 9.17) is 5.10 Å². The van der Waals surface area contributed by atoms with E-state index >= 15 is 0 Å². The fourth-order valence-corrected chi connectivity index (χ4v) is 5.31. The third-order valence-electron chi connectivity index (χ3n) is 6.88. The Labute approximate surface area is 169 Å². The van der Waals surface area contributed by atoms with Gasteiger partial charge in [-0.15, -0.1) is 6.58 Å². The van der Waals surface area contributed by atoms with Gasteiger partial charge in [-0.25, -0.2) is 0 Å². The zero-order chi connectivity index (χ0) is 19.3. The Hall–Kier alpha value is -1.62. The van der Waals surface area contributed by atoms with E-state index in [9.17, 15) is 4.79 Å². The van der Waals surface area contributed by atoms with Crippen LogP contribution in [0.3, 0.4) is 0 Å². The van der Waals surface area contributed by atoms with Crippen molar-refractivity contribution in [2.45, 2.75) is 83.2 Å². The standard InChI is InChI=1S/C23H36N4O/c1-2-13-27-21-12-11-19(25-14-7-4-3-5-8-15-25)18-20(21)22(24-27)23(28)26-16-9-6-10-17-26/h2,19H,1,3-18H2. The molecule has 0 radical (unpaired) electrons. The first-order chi connectivity index (χ1) is 13.8. The van der Waals surface area contributed by atoms with Gasteiger partial charge >= 0.3 is 0 Å². The van der Waals surface area contributed by atoms with Crippen LogP contribution in [0, 0.1) is 0 Å². The molecule has 1 aliphatic carbocycles. The number of carbonyl (C=O) groups is 1. The zero-order valence-corrected chi connectivity index (χ0v) is 17.4. The third-order valence-corrected chi connectivity index (χ3v) is 6.88. The van der Waals surface area contributed by atoms with Crippen LogP contribution in [0.15, 0.2) is 12.7 Å². The number of allylic oxidation sites excluding steroid dienone is 1. The minimum Gasteiger partial charge on any atom is -0.337 e. The molecule has 2 fully saturated rings. The van der Waals surface area contributed by atoms with Crippen molar-refractivity contribution in [2.24, 2.45) is 0 Å². The van der Waals surface area contributed by atoms with Crippen molar-refractivity contribution in [3.63, 3.8) is 0 Å². The van der Waals surface area contributed by atoms with Crippen molar-refractivity contribution in [3.05, 3.63) is 29.6 Å². The van der Waals surface area contributed by atoms with Crippen LogP contribution in [0.1, 0.15) is 79.5 Å². The van der Waals surface area contributed by atoms with Crippen LogP contribution in [0.5, 0.6) is 0 Å². The van der Waals surface area contributed by atoms with Crippen molar-refractivity contribution < 1.29 is 4.79 Å². The first-order valence-electron chi connectivity index (χ1n) is 11.5. The maximum absolute atomic E-state index is 13.3. The Kier molecular flexibility index (Phi) is 6.50. The lowest BCUT2D eigenvalue weighted by Gasteiger charge is -2.36. The normalized spacial score (nSPS) is 24.3. The number of aromatic nitrogens is 2. The molecule has 0 bridgehead atoms. The molecule has 0 spiro atoms. The fraction of sp³-hybridized carbons (Fsp3) is 0.739. The van der Waals surface area contributed by atoms with Crippen molar-refractivity contribution in [2.75, 3.05) is 26.2 Å². The highest BCUT2D eigenvalue weighted by molar-refractivity contribution is 5.94. The van der Waals surface area contributed by atoms with Crippen molar-refractivity contribution >= 4 is 5.91 Å². The summed E-state index contributed by atoms with van der Waals surface area (Å²) in [5, 5.41) is 4.81. The highest BCUT2D eigenvalue weighted by atomic mass is 16.2. The van der Waals surface area contributed by atoms with Gasteiger partial charge in [-0.2, -0.15) is 5.10 Å². The molecule has 154 valence electrons. The van der Waals surface area contributed by atoms with E-state index in [1.165, 1.54) is 69.3 Å². The molecule has 1 atom stereocenters. The Morgan fingerprint density at radius 1 is 1.00 bits per heavy atom. The summed E-state index contributed by atoms with van der Waals surface area (Å²) in [6, 6.07) is 0.569. The average molecular weight is 385 g/mol. The number of hydrogen-bond acceptors (Lipinski definition) is 3. The molecule has 0 saturated carbocycles. The van der Waals surface area contributed by atoms with Crippen LogP contribution < -0.4 is 0 Å².